The van der Waals surface area contributed by atoms with Gasteiger partial charge in [0.2, 0.25) is 0 Å². The molecule has 1 rings (SSSR count). The molecule has 1 aliphatic rings. The van der Waals surface area contributed by atoms with Gasteiger partial charge in [0.15, 0.2) is 0 Å². The van der Waals surface area contributed by atoms with Crippen LogP contribution in [0.1, 0.15) is 39.5 Å². The molecule has 6 heteroatoms. The van der Waals surface area contributed by atoms with Gasteiger partial charge in [-0.25, -0.2) is 0 Å². The Balaban J connectivity index is 2.80. The van der Waals surface area contributed by atoms with E-state index in [-0.39, 0.29) is 24.4 Å². The fraction of sp³-hybridized carbons (Fsp3) is 1.00. The predicted octanol–water partition coefficient (Wildman–Crippen LogP) is 2.71. The van der Waals surface area contributed by atoms with Gasteiger partial charge < -0.3 is 10.6 Å². The average Bonchev–Trinajstić information content (AvgIpc) is 2.38. The van der Waals surface area contributed by atoms with Gasteiger partial charge in [0, 0.05) is 24.7 Å². The topological polar surface area (TPSA) is 32.5 Å². The van der Waals surface area contributed by atoms with Crippen LogP contribution < -0.4 is 5.73 Å². The van der Waals surface area contributed by atoms with Crippen LogP contribution in [0.2, 0.25) is 0 Å². The van der Waals surface area contributed by atoms with Crippen molar-refractivity contribution in [3.63, 3.8) is 0 Å². The van der Waals surface area contributed by atoms with Crippen molar-refractivity contribution >= 4 is 0 Å². The van der Waals surface area contributed by atoms with Gasteiger partial charge in [-0.15, -0.1) is 0 Å². The van der Waals surface area contributed by atoms with Crippen molar-refractivity contribution in [1.29, 1.82) is 0 Å². The summed E-state index contributed by atoms with van der Waals surface area (Å²) in [5.74, 6) is -1.15. The highest BCUT2D eigenvalue weighted by atomic mass is 19.4. The largest absolute Gasteiger partial charge is 0.391 e. The summed E-state index contributed by atoms with van der Waals surface area (Å²) in [6.07, 6.45) is -2.58. The second kappa shape index (κ2) is 7.29. The zero-order chi connectivity index (χ0) is 16.3. The van der Waals surface area contributed by atoms with Crippen molar-refractivity contribution in [1.82, 2.24) is 9.80 Å². The lowest BCUT2D eigenvalue weighted by Crippen LogP contribution is -2.60. The molecule has 2 N–H and O–H groups in total. The molecule has 3 nitrogen and oxygen atoms in total. The molecule has 0 heterocycles. The number of alkyl halides is 3. The number of likely N-dealkylation sites (N-methyl/N-ethyl adjacent to an activating group) is 2. The summed E-state index contributed by atoms with van der Waals surface area (Å²) < 4.78 is 38.6. The zero-order valence-corrected chi connectivity index (χ0v) is 13.7. The highest BCUT2D eigenvalue weighted by molar-refractivity contribution is 4.98. The Labute approximate surface area is 126 Å². The maximum absolute atomic E-state index is 12.9. The van der Waals surface area contributed by atoms with Gasteiger partial charge in [-0.3, -0.25) is 4.90 Å². The summed E-state index contributed by atoms with van der Waals surface area (Å²) in [4.78, 5) is 4.43. The number of hydrogen-bond donors (Lipinski definition) is 1. The minimum atomic E-state index is -4.06. The van der Waals surface area contributed by atoms with Gasteiger partial charge in [-0.2, -0.15) is 13.2 Å². The van der Waals surface area contributed by atoms with Gasteiger partial charge in [-0.1, -0.05) is 6.92 Å². The molecule has 126 valence electrons. The van der Waals surface area contributed by atoms with E-state index in [0.717, 1.165) is 13.1 Å². The van der Waals surface area contributed by atoms with Crippen LogP contribution in [0.5, 0.6) is 0 Å². The minimum absolute atomic E-state index is 0.200. The van der Waals surface area contributed by atoms with Crippen molar-refractivity contribution in [2.45, 2.75) is 57.3 Å². The highest BCUT2D eigenvalue weighted by Crippen LogP contribution is 2.43. The predicted molar refractivity (Wildman–Crippen MR) is 80.2 cm³/mol. The van der Waals surface area contributed by atoms with Crippen LogP contribution in [0.4, 0.5) is 13.2 Å². The van der Waals surface area contributed by atoms with Gasteiger partial charge in [0.1, 0.15) is 0 Å². The molecular formula is C15H30F3N3. The van der Waals surface area contributed by atoms with Gasteiger partial charge in [0.05, 0.1) is 5.92 Å². The van der Waals surface area contributed by atoms with Gasteiger partial charge in [0.25, 0.3) is 0 Å². The average molecular weight is 309 g/mol. The van der Waals surface area contributed by atoms with Crippen molar-refractivity contribution in [3.05, 3.63) is 0 Å². The molecule has 1 unspecified atom stereocenters. The van der Waals surface area contributed by atoms with E-state index < -0.39 is 12.1 Å². The number of nitrogens with zero attached hydrogens (tertiary/aromatic N) is 2. The Kier molecular flexibility index (Phi) is 6.50. The molecule has 0 aromatic rings. The first-order valence-corrected chi connectivity index (χ1v) is 7.84. The van der Waals surface area contributed by atoms with Crippen molar-refractivity contribution in [2.75, 3.05) is 33.7 Å². The summed E-state index contributed by atoms with van der Waals surface area (Å²) in [5.41, 5.74) is 5.73. The van der Waals surface area contributed by atoms with Crippen molar-refractivity contribution in [2.24, 2.45) is 11.7 Å². The quantitative estimate of drug-likeness (QED) is 0.819. The molecule has 0 spiro atoms. The lowest BCUT2D eigenvalue weighted by Gasteiger charge is -2.50. The molecule has 0 radical (unpaired) electrons. The van der Waals surface area contributed by atoms with E-state index in [2.05, 4.69) is 23.6 Å². The maximum Gasteiger partial charge on any atom is 0.391 e. The van der Waals surface area contributed by atoms with Crippen molar-refractivity contribution in [3.8, 4) is 0 Å². The second-order valence-corrected chi connectivity index (χ2v) is 6.64. The Morgan fingerprint density at radius 3 is 2.10 bits per heavy atom. The maximum atomic E-state index is 12.9. The fourth-order valence-corrected chi connectivity index (χ4v) is 3.83. The van der Waals surface area contributed by atoms with E-state index in [0.29, 0.717) is 19.4 Å². The van der Waals surface area contributed by atoms with E-state index in [9.17, 15) is 13.2 Å². The standard InChI is InChI=1S/C15H30F3N3/c1-5-21(12(2)10-20(3)4)14(11-19)8-6-13(7-9-14)15(16,17)18/h12-13H,5-11,19H2,1-4H3. The summed E-state index contributed by atoms with van der Waals surface area (Å²) in [6, 6.07) is 0.288. The molecule has 0 saturated heterocycles. The van der Waals surface area contributed by atoms with Gasteiger partial charge in [-0.05, 0) is 53.2 Å². The van der Waals surface area contributed by atoms with Crippen LogP contribution >= 0.6 is 0 Å². The van der Waals surface area contributed by atoms with E-state index in [1.54, 1.807) is 0 Å². The van der Waals surface area contributed by atoms with Gasteiger partial charge >= 0.3 is 6.18 Å². The second-order valence-electron chi connectivity index (χ2n) is 6.64. The molecule has 0 aromatic carbocycles. The van der Waals surface area contributed by atoms with Crippen LogP contribution in [0.25, 0.3) is 0 Å². The molecule has 1 aliphatic carbocycles. The third-order valence-electron chi connectivity index (χ3n) is 4.87. The smallest absolute Gasteiger partial charge is 0.329 e. The Morgan fingerprint density at radius 2 is 1.76 bits per heavy atom. The van der Waals surface area contributed by atoms with Crippen LogP contribution in [-0.2, 0) is 0 Å². The van der Waals surface area contributed by atoms with E-state index in [1.165, 1.54) is 0 Å². The first-order valence-electron chi connectivity index (χ1n) is 7.84. The fourth-order valence-electron chi connectivity index (χ4n) is 3.83. The van der Waals surface area contributed by atoms with E-state index >= 15 is 0 Å². The van der Waals surface area contributed by atoms with Crippen LogP contribution in [-0.4, -0.2) is 61.3 Å². The summed E-state index contributed by atoms with van der Waals surface area (Å²) >= 11 is 0. The number of hydrogen-bond acceptors (Lipinski definition) is 3. The zero-order valence-electron chi connectivity index (χ0n) is 13.7. The lowest BCUT2D eigenvalue weighted by molar-refractivity contribution is -0.189. The minimum Gasteiger partial charge on any atom is -0.329 e. The monoisotopic (exact) mass is 309 g/mol. The highest BCUT2D eigenvalue weighted by Gasteiger charge is 2.47. The SMILES string of the molecule is CCN(C(C)CN(C)C)C1(CN)CCC(C(F)(F)F)CC1. The first-order chi connectivity index (χ1) is 9.66. The van der Waals surface area contributed by atoms with E-state index in [1.807, 2.05) is 14.1 Å². The number of rotatable bonds is 6. The Bertz CT molecular complexity index is 310. The molecule has 0 aliphatic heterocycles. The Hall–Kier alpha value is -0.330. The summed E-state index contributed by atoms with van der Waals surface area (Å²) in [7, 11) is 4.03. The third-order valence-corrected chi connectivity index (χ3v) is 4.87. The molecule has 1 saturated carbocycles. The molecule has 1 fully saturated rings. The summed E-state index contributed by atoms with van der Waals surface area (Å²) in [5, 5.41) is 0. The number of nitrogens with two attached hydrogens (primary N) is 1. The molecular weight excluding hydrogens is 279 g/mol. The normalized spacial score (nSPS) is 29.1. The molecule has 21 heavy (non-hydrogen) atoms. The number of halogens is 3. The van der Waals surface area contributed by atoms with Crippen molar-refractivity contribution < 1.29 is 13.2 Å². The lowest BCUT2D eigenvalue weighted by atomic mass is 9.74. The van der Waals surface area contributed by atoms with Crippen LogP contribution in [0.3, 0.4) is 0 Å². The molecule has 0 bridgehead atoms. The Morgan fingerprint density at radius 1 is 1.24 bits per heavy atom. The third kappa shape index (κ3) is 4.57. The van der Waals surface area contributed by atoms with E-state index in [4.69, 9.17) is 5.73 Å². The molecule has 1 atom stereocenters. The molecule has 0 aromatic heterocycles. The van der Waals surface area contributed by atoms with Crippen LogP contribution in [0.15, 0.2) is 0 Å². The molecule has 0 amide bonds. The first kappa shape index (κ1) is 18.7. The summed E-state index contributed by atoms with van der Waals surface area (Å²) in [6.45, 7) is 6.35. The van der Waals surface area contributed by atoms with Crippen LogP contribution in [0, 0.1) is 5.92 Å².